The fourth-order valence-corrected chi connectivity index (χ4v) is 4.28. The van der Waals surface area contributed by atoms with Gasteiger partial charge in [0.25, 0.3) is 5.91 Å². The van der Waals surface area contributed by atoms with Crippen molar-refractivity contribution in [1.82, 2.24) is 9.73 Å². The van der Waals surface area contributed by atoms with Crippen molar-refractivity contribution in [2.24, 2.45) is 5.10 Å². The van der Waals surface area contributed by atoms with Gasteiger partial charge in [-0.1, -0.05) is 44.2 Å². The monoisotopic (exact) mass is 447 g/mol. The number of hydrogen-bond donors (Lipinski definition) is 1. The van der Waals surface area contributed by atoms with Crippen LogP contribution in [0.1, 0.15) is 32.3 Å². The zero-order chi connectivity index (χ0) is 22.9. The van der Waals surface area contributed by atoms with Crippen LogP contribution in [0.4, 0.5) is 0 Å². The number of rotatable bonds is 11. The molecule has 2 aromatic rings. The number of hydrazone groups is 1. The highest BCUT2D eigenvalue weighted by Gasteiger charge is 2.28. The molecule has 2 aromatic carbocycles. The van der Waals surface area contributed by atoms with Crippen molar-refractivity contribution < 1.29 is 22.7 Å². The summed E-state index contributed by atoms with van der Waals surface area (Å²) in [7, 11) is -1.11. The highest BCUT2D eigenvalue weighted by molar-refractivity contribution is 7.89. The molecule has 0 aliphatic heterocycles. The molecule has 0 spiro atoms. The number of carbonyl (C=O) groups is 1. The normalized spacial score (nSPS) is 11.1. The van der Waals surface area contributed by atoms with Gasteiger partial charge in [-0.05, 0) is 30.5 Å². The molecule has 2 rings (SSSR count). The Bertz CT molecular complexity index is 1000. The predicted molar refractivity (Wildman–Crippen MR) is 120 cm³/mol. The lowest BCUT2D eigenvalue weighted by atomic mass is 10.2. The molecule has 0 aromatic heterocycles. The second kappa shape index (κ2) is 11.5. The topological polar surface area (TPSA) is 97.3 Å². The molecule has 168 valence electrons. The maximum Gasteiger partial charge on any atom is 0.255 e. The first-order valence-electron chi connectivity index (χ1n) is 9.96. The molecule has 0 saturated carbocycles. The minimum Gasteiger partial charge on any atom is -0.493 e. The molecular formula is C22H29N3O5S. The Hall–Kier alpha value is -2.91. The summed E-state index contributed by atoms with van der Waals surface area (Å²) in [6, 6.07) is 13.4. The van der Waals surface area contributed by atoms with Crippen LogP contribution in [0, 0.1) is 0 Å². The van der Waals surface area contributed by atoms with Gasteiger partial charge in [-0.3, -0.25) is 4.79 Å². The Morgan fingerprint density at radius 1 is 1.00 bits per heavy atom. The molecule has 0 bridgehead atoms. The summed E-state index contributed by atoms with van der Waals surface area (Å²) in [6.45, 7) is 3.54. The van der Waals surface area contributed by atoms with Crippen molar-refractivity contribution >= 4 is 21.6 Å². The van der Waals surface area contributed by atoms with E-state index in [1.165, 1.54) is 32.4 Å². The van der Waals surface area contributed by atoms with Crippen LogP contribution in [-0.4, -0.2) is 45.1 Å². The van der Waals surface area contributed by atoms with E-state index in [2.05, 4.69) is 10.5 Å². The molecule has 0 fully saturated rings. The first-order chi connectivity index (χ1) is 14.8. The summed E-state index contributed by atoms with van der Waals surface area (Å²) < 4.78 is 38.3. The second-order valence-corrected chi connectivity index (χ2v) is 8.63. The Morgan fingerprint density at radius 2 is 1.65 bits per heavy atom. The second-order valence-electron chi connectivity index (χ2n) is 6.70. The molecule has 0 aliphatic carbocycles. The maximum atomic E-state index is 13.4. The number of ether oxygens (including phenoxy) is 2. The van der Waals surface area contributed by atoms with Gasteiger partial charge >= 0.3 is 0 Å². The maximum absolute atomic E-state index is 13.4. The van der Waals surface area contributed by atoms with E-state index in [0.29, 0.717) is 18.6 Å². The van der Waals surface area contributed by atoms with Crippen LogP contribution in [-0.2, 0) is 21.4 Å². The first kappa shape index (κ1) is 24.4. The molecule has 9 heteroatoms. The van der Waals surface area contributed by atoms with Crippen molar-refractivity contribution in [3.05, 3.63) is 54.1 Å². The van der Waals surface area contributed by atoms with Crippen LogP contribution in [0.5, 0.6) is 11.5 Å². The van der Waals surface area contributed by atoms with Gasteiger partial charge in [0.15, 0.2) is 11.5 Å². The highest BCUT2D eigenvalue weighted by atomic mass is 32.2. The van der Waals surface area contributed by atoms with Crippen LogP contribution in [0.2, 0.25) is 0 Å². The number of carbonyl (C=O) groups excluding carboxylic acids is 1. The molecule has 0 saturated heterocycles. The zero-order valence-electron chi connectivity index (χ0n) is 18.3. The van der Waals surface area contributed by atoms with Gasteiger partial charge in [-0.2, -0.15) is 9.41 Å². The van der Waals surface area contributed by atoms with Crippen LogP contribution in [0.25, 0.3) is 0 Å². The lowest BCUT2D eigenvalue weighted by Crippen LogP contribution is -2.39. The molecule has 0 unspecified atom stereocenters. The van der Waals surface area contributed by atoms with Crippen LogP contribution < -0.4 is 14.9 Å². The van der Waals surface area contributed by atoms with E-state index in [0.717, 1.165) is 15.6 Å². The smallest absolute Gasteiger partial charge is 0.255 e. The molecule has 0 heterocycles. The van der Waals surface area contributed by atoms with Crippen LogP contribution in [0.3, 0.4) is 0 Å². The van der Waals surface area contributed by atoms with Crippen molar-refractivity contribution in [3.8, 4) is 11.5 Å². The van der Waals surface area contributed by atoms with Gasteiger partial charge in [-0.25, -0.2) is 13.8 Å². The third-order valence-electron chi connectivity index (χ3n) is 4.67. The summed E-state index contributed by atoms with van der Waals surface area (Å²) in [4.78, 5) is 12.5. The number of sulfonamides is 1. The Morgan fingerprint density at radius 3 is 2.23 bits per heavy atom. The zero-order valence-corrected chi connectivity index (χ0v) is 19.1. The van der Waals surface area contributed by atoms with Gasteiger partial charge in [0.2, 0.25) is 10.0 Å². The largest absolute Gasteiger partial charge is 0.493 e. The van der Waals surface area contributed by atoms with Gasteiger partial charge in [0.1, 0.15) is 0 Å². The van der Waals surface area contributed by atoms with E-state index in [-0.39, 0.29) is 23.7 Å². The summed E-state index contributed by atoms with van der Waals surface area (Å²) in [5.41, 5.74) is 4.04. The average Bonchev–Trinajstić information content (AvgIpc) is 2.79. The van der Waals surface area contributed by atoms with E-state index in [1.54, 1.807) is 12.1 Å². The van der Waals surface area contributed by atoms with Gasteiger partial charge in [0, 0.05) is 18.3 Å². The highest BCUT2D eigenvalue weighted by Crippen LogP contribution is 2.31. The standard InChI is InChI=1S/C22H29N3O5S/c1-5-18(6-2)23-24-22(26)16-25(15-17-10-8-7-9-11-17)31(27,28)19-12-13-20(29-3)21(14-19)30-4/h7-14H,5-6,15-16H2,1-4H3,(H,24,26). The van der Waals surface area contributed by atoms with E-state index in [1.807, 2.05) is 32.0 Å². The number of amides is 1. The lowest BCUT2D eigenvalue weighted by Gasteiger charge is -2.22. The molecule has 1 N–H and O–H groups in total. The van der Waals surface area contributed by atoms with Crippen molar-refractivity contribution in [2.75, 3.05) is 20.8 Å². The minimum absolute atomic E-state index is 0.000174. The van der Waals surface area contributed by atoms with Gasteiger partial charge in [-0.15, -0.1) is 0 Å². The van der Waals surface area contributed by atoms with Crippen LogP contribution >= 0.6 is 0 Å². The van der Waals surface area contributed by atoms with E-state index in [4.69, 9.17) is 9.47 Å². The third kappa shape index (κ3) is 6.53. The Balaban J connectivity index is 2.36. The SMILES string of the molecule is CCC(CC)=NNC(=O)CN(Cc1ccccc1)S(=O)(=O)c1ccc(OC)c(OC)c1. The number of benzene rings is 2. The Kier molecular flexibility index (Phi) is 9.02. The third-order valence-corrected chi connectivity index (χ3v) is 6.46. The molecule has 1 amide bonds. The number of methoxy groups -OCH3 is 2. The number of nitrogens with one attached hydrogen (secondary N) is 1. The first-order valence-corrected chi connectivity index (χ1v) is 11.4. The van der Waals surface area contributed by atoms with E-state index in [9.17, 15) is 13.2 Å². The fourth-order valence-electron chi connectivity index (χ4n) is 2.88. The summed E-state index contributed by atoms with van der Waals surface area (Å²) in [5, 5.41) is 4.08. The van der Waals surface area contributed by atoms with Gasteiger partial charge < -0.3 is 9.47 Å². The van der Waals surface area contributed by atoms with E-state index >= 15 is 0 Å². The summed E-state index contributed by atoms with van der Waals surface area (Å²) >= 11 is 0. The van der Waals surface area contributed by atoms with Crippen molar-refractivity contribution in [2.45, 2.75) is 38.1 Å². The molecule has 31 heavy (non-hydrogen) atoms. The molecule has 8 nitrogen and oxygen atoms in total. The quantitative estimate of drug-likeness (QED) is 0.421. The van der Waals surface area contributed by atoms with E-state index < -0.39 is 15.9 Å². The average molecular weight is 448 g/mol. The minimum atomic E-state index is -4.01. The predicted octanol–water partition coefficient (Wildman–Crippen LogP) is 3.19. The number of hydrogen-bond acceptors (Lipinski definition) is 6. The number of nitrogens with zero attached hydrogens (tertiary/aromatic N) is 2. The fraction of sp³-hybridized carbons (Fsp3) is 0.364. The molecule has 0 aliphatic rings. The lowest BCUT2D eigenvalue weighted by molar-refractivity contribution is -0.121. The molecule has 0 radical (unpaired) electrons. The molecule has 0 atom stereocenters. The molecular weight excluding hydrogens is 418 g/mol. The van der Waals surface area contributed by atoms with Gasteiger partial charge in [0.05, 0.1) is 25.7 Å². The Labute approximate surface area is 183 Å². The van der Waals surface area contributed by atoms with Crippen LogP contribution in [0.15, 0.2) is 58.5 Å². The van der Waals surface area contributed by atoms with Crippen molar-refractivity contribution in [1.29, 1.82) is 0 Å². The summed E-state index contributed by atoms with van der Waals surface area (Å²) in [6.07, 6.45) is 1.41. The summed E-state index contributed by atoms with van der Waals surface area (Å²) in [5.74, 6) is 0.182. The van der Waals surface area contributed by atoms with Crippen molar-refractivity contribution in [3.63, 3.8) is 0 Å².